The fourth-order valence-corrected chi connectivity index (χ4v) is 4.24. The van der Waals surface area contributed by atoms with Crippen LogP contribution in [-0.2, 0) is 9.59 Å². The molecule has 0 amide bonds. The molecule has 0 atom stereocenters. The summed E-state index contributed by atoms with van der Waals surface area (Å²) in [7, 11) is 0. The molecule has 2 N–H and O–H groups in total. The van der Waals surface area contributed by atoms with E-state index in [1.165, 1.54) is 0 Å². The Morgan fingerprint density at radius 1 is 0.750 bits per heavy atom. The summed E-state index contributed by atoms with van der Waals surface area (Å²) in [5.74, 6) is -2.56. The van der Waals surface area contributed by atoms with Crippen molar-refractivity contribution in [2.75, 3.05) is 0 Å². The largest absolute Gasteiger partial charge is 2.00 e. The smallest absolute Gasteiger partial charge is 1.00 e. The molecule has 0 aromatic carbocycles. The molecule has 0 bridgehead atoms. The quantitative estimate of drug-likeness (QED) is 0.617. The normalized spacial score (nSPS) is 22.0. The van der Waals surface area contributed by atoms with E-state index in [4.69, 9.17) is 0 Å². The Labute approximate surface area is 139 Å². The molecule has 0 heterocycles. The van der Waals surface area contributed by atoms with Gasteiger partial charge in [-0.05, 0) is 37.5 Å². The van der Waals surface area contributed by atoms with E-state index < -0.39 is 17.4 Å². The second kappa shape index (κ2) is 7.64. The molecule has 0 aromatic heterocycles. The molecule has 2 rings (SSSR count). The van der Waals surface area contributed by atoms with Crippen LogP contribution in [0, 0.1) is 17.3 Å². The predicted octanol–water partition coefficient (Wildman–Crippen LogP) is 3.15. The van der Waals surface area contributed by atoms with E-state index in [9.17, 15) is 19.8 Å². The first kappa shape index (κ1) is 17.8. The van der Waals surface area contributed by atoms with Crippen molar-refractivity contribution in [1.29, 1.82) is 0 Å². The summed E-state index contributed by atoms with van der Waals surface area (Å²) in [6.45, 7) is 0. The Balaban J connectivity index is 0. The average molecular weight is 295 g/mol. The maximum Gasteiger partial charge on any atom is 2.00 e. The summed E-state index contributed by atoms with van der Waals surface area (Å²) in [5, 5.41) is 19.4. The van der Waals surface area contributed by atoms with Crippen molar-refractivity contribution in [2.45, 2.75) is 64.2 Å². The second-order valence-corrected chi connectivity index (χ2v) is 6.15. The number of rotatable bonds is 4. The average Bonchev–Trinajstić information content (AvgIpc) is 2.41. The van der Waals surface area contributed by atoms with Crippen LogP contribution in [0.4, 0.5) is 0 Å². The third-order valence-electron chi connectivity index (χ3n) is 5.21. The van der Waals surface area contributed by atoms with E-state index in [2.05, 4.69) is 0 Å². The van der Waals surface area contributed by atoms with Gasteiger partial charge in [-0.25, -0.2) is 0 Å². The Morgan fingerprint density at radius 2 is 1.05 bits per heavy atom. The van der Waals surface area contributed by atoms with Gasteiger partial charge in [-0.2, -0.15) is 0 Å². The Bertz CT molecular complexity index is 319. The van der Waals surface area contributed by atoms with Gasteiger partial charge in [0.15, 0.2) is 5.41 Å². The molecule has 0 radical (unpaired) electrons. The first-order chi connectivity index (χ1) is 9.10. The zero-order valence-corrected chi connectivity index (χ0v) is 13.6. The van der Waals surface area contributed by atoms with Gasteiger partial charge in [0.25, 0.3) is 0 Å². The Morgan fingerprint density at radius 3 is 1.30 bits per heavy atom. The van der Waals surface area contributed by atoms with Crippen molar-refractivity contribution >= 4 is 35.0 Å². The van der Waals surface area contributed by atoms with Gasteiger partial charge in [0.2, 0.25) is 0 Å². The summed E-state index contributed by atoms with van der Waals surface area (Å²) in [6.07, 6.45) is 9.14. The second-order valence-electron chi connectivity index (χ2n) is 6.15. The van der Waals surface area contributed by atoms with Crippen LogP contribution < -0.4 is 0 Å². The van der Waals surface area contributed by atoms with Gasteiger partial charge in [0.05, 0.1) is 0 Å². The molecule has 20 heavy (non-hydrogen) atoms. The van der Waals surface area contributed by atoms with E-state index >= 15 is 0 Å². The maximum absolute atomic E-state index is 11.9. The van der Waals surface area contributed by atoms with Crippen LogP contribution in [0.1, 0.15) is 67.1 Å². The molecule has 0 unspecified atom stereocenters. The molecule has 2 fully saturated rings. The van der Waals surface area contributed by atoms with Crippen molar-refractivity contribution in [3.8, 4) is 0 Å². The van der Waals surface area contributed by atoms with E-state index in [0.717, 1.165) is 64.2 Å². The third kappa shape index (κ3) is 3.13. The van der Waals surface area contributed by atoms with E-state index in [0.29, 0.717) is 0 Å². The number of carbonyl (C=O) groups is 2. The first-order valence-electron chi connectivity index (χ1n) is 7.57. The summed E-state index contributed by atoms with van der Waals surface area (Å²) >= 11 is 0. The molecular formula is C15H26MgO4. The number of aliphatic carboxylic acids is 2. The monoisotopic (exact) mass is 294 g/mol. The molecule has 0 aliphatic heterocycles. The minimum atomic E-state index is -1.53. The number of hydrogen-bond acceptors (Lipinski definition) is 2. The number of carboxylic acids is 2. The van der Waals surface area contributed by atoms with Crippen LogP contribution in [0.3, 0.4) is 0 Å². The molecule has 0 saturated heterocycles. The minimum Gasteiger partial charge on any atom is -1.00 e. The summed E-state index contributed by atoms with van der Waals surface area (Å²) in [6, 6.07) is 0. The van der Waals surface area contributed by atoms with Crippen LogP contribution in [0.5, 0.6) is 0 Å². The van der Waals surface area contributed by atoms with Crippen LogP contribution in [0.2, 0.25) is 0 Å². The van der Waals surface area contributed by atoms with Crippen molar-refractivity contribution in [2.24, 2.45) is 17.3 Å². The zero-order valence-electron chi connectivity index (χ0n) is 14.1. The molecule has 2 saturated carbocycles. The molecule has 112 valence electrons. The Kier molecular flexibility index (Phi) is 6.78. The maximum atomic E-state index is 11.9. The van der Waals surface area contributed by atoms with Crippen molar-refractivity contribution < 1.29 is 22.7 Å². The van der Waals surface area contributed by atoms with Gasteiger partial charge in [-0.15, -0.1) is 0 Å². The van der Waals surface area contributed by atoms with E-state index in [1.54, 1.807) is 0 Å². The topological polar surface area (TPSA) is 74.6 Å². The van der Waals surface area contributed by atoms with Gasteiger partial charge in [0.1, 0.15) is 0 Å². The van der Waals surface area contributed by atoms with Crippen molar-refractivity contribution in [3.63, 3.8) is 0 Å². The SMILES string of the molecule is O=C(O)C(C(=O)O)(C1CCCCC1)C1CCCCC1.[H-].[H-].[Mg+2]. The van der Waals surface area contributed by atoms with Crippen LogP contribution >= 0.6 is 0 Å². The van der Waals surface area contributed by atoms with Crippen LogP contribution in [-0.4, -0.2) is 45.2 Å². The summed E-state index contributed by atoms with van der Waals surface area (Å²) in [5.41, 5.74) is -1.53. The van der Waals surface area contributed by atoms with E-state index in [1.807, 2.05) is 0 Å². The molecule has 0 spiro atoms. The fourth-order valence-electron chi connectivity index (χ4n) is 4.24. The number of carboxylic acid groups (broad SMARTS) is 2. The van der Waals surface area contributed by atoms with Gasteiger partial charge in [-0.3, -0.25) is 9.59 Å². The fraction of sp³-hybridized carbons (Fsp3) is 0.867. The van der Waals surface area contributed by atoms with Crippen LogP contribution in [0.15, 0.2) is 0 Å². The van der Waals surface area contributed by atoms with Crippen LogP contribution in [0.25, 0.3) is 0 Å². The van der Waals surface area contributed by atoms with Gasteiger partial charge in [0, 0.05) is 0 Å². The van der Waals surface area contributed by atoms with Crippen molar-refractivity contribution in [1.82, 2.24) is 0 Å². The predicted molar refractivity (Wildman–Crippen MR) is 78.8 cm³/mol. The minimum absolute atomic E-state index is 0. The van der Waals surface area contributed by atoms with Crippen molar-refractivity contribution in [3.05, 3.63) is 0 Å². The molecule has 4 nitrogen and oxygen atoms in total. The summed E-state index contributed by atoms with van der Waals surface area (Å²) < 4.78 is 0. The summed E-state index contributed by atoms with van der Waals surface area (Å²) in [4.78, 5) is 23.8. The first-order valence-corrected chi connectivity index (χ1v) is 7.57. The number of hydrogen-bond donors (Lipinski definition) is 2. The van der Waals surface area contributed by atoms with Gasteiger partial charge < -0.3 is 13.1 Å². The zero-order chi connectivity index (χ0) is 13.9. The molecule has 2 aliphatic rings. The standard InChI is InChI=1S/C15H24O4.Mg.2H/c16-13(17)15(14(18)19,11-7-3-1-4-8-11)12-9-5-2-6-10-12;;;/h11-12H,1-10H2,(H,16,17)(H,18,19);;;/q;+2;2*-1. The van der Waals surface area contributed by atoms with Gasteiger partial charge >= 0.3 is 35.0 Å². The molecular weight excluding hydrogens is 268 g/mol. The molecule has 0 aromatic rings. The molecule has 2 aliphatic carbocycles. The van der Waals surface area contributed by atoms with Gasteiger partial charge in [-0.1, -0.05) is 38.5 Å². The third-order valence-corrected chi connectivity index (χ3v) is 5.21. The van der Waals surface area contributed by atoms with E-state index in [-0.39, 0.29) is 37.7 Å². The Hall–Kier alpha value is -0.294. The molecule has 5 heteroatoms.